The Balaban J connectivity index is 1.49. The first-order valence-corrected chi connectivity index (χ1v) is 11.0. The largest absolute Gasteiger partial charge is 0.329 e. The van der Waals surface area contributed by atoms with Crippen LogP contribution >= 0.6 is 11.9 Å². The molecule has 0 saturated carbocycles. The van der Waals surface area contributed by atoms with E-state index in [1.807, 2.05) is 37.1 Å². The quantitative estimate of drug-likeness (QED) is 0.544. The average Bonchev–Trinajstić information content (AvgIpc) is 3.43. The van der Waals surface area contributed by atoms with E-state index in [0.29, 0.717) is 28.3 Å². The van der Waals surface area contributed by atoms with Gasteiger partial charge < -0.3 is 10.2 Å². The fourth-order valence-electron chi connectivity index (χ4n) is 3.69. The first-order chi connectivity index (χ1) is 15.0. The molecule has 1 aliphatic carbocycles. The lowest BCUT2D eigenvalue weighted by Crippen LogP contribution is -2.24. The third kappa shape index (κ3) is 5.05. The number of pyridine rings is 1. The van der Waals surface area contributed by atoms with Gasteiger partial charge >= 0.3 is 6.03 Å². The number of likely N-dealkylation sites (N-methyl/N-ethyl adjacent to an activating group) is 1. The summed E-state index contributed by atoms with van der Waals surface area (Å²) >= 11 is 1.15. The molecule has 0 bridgehead atoms. The van der Waals surface area contributed by atoms with Crippen molar-refractivity contribution in [2.75, 3.05) is 26.0 Å². The summed E-state index contributed by atoms with van der Waals surface area (Å²) in [5, 5.41) is 8.10. The van der Waals surface area contributed by atoms with Gasteiger partial charge in [-0.3, -0.25) is 14.4 Å². The number of nitrogens with one attached hydrogen (secondary N) is 2. The van der Waals surface area contributed by atoms with Crippen LogP contribution < -0.4 is 10.0 Å². The number of aromatic nitrogens is 3. The topological polar surface area (TPSA) is 75.1 Å². The summed E-state index contributed by atoms with van der Waals surface area (Å²) in [5.41, 5.74) is 3.61. The zero-order valence-corrected chi connectivity index (χ0v) is 18.4. The predicted octanol–water partition coefficient (Wildman–Crippen LogP) is 3.96. The van der Waals surface area contributed by atoms with Crippen LogP contribution in [0, 0.1) is 5.82 Å². The Morgan fingerprint density at radius 1 is 1.29 bits per heavy atom. The van der Waals surface area contributed by atoms with Crippen LogP contribution in [0.5, 0.6) is 0 Å². The van der Waals surface area contributed by atoms with Crippen LogP contribution in [-0.4, -0.2) is 46.3 Å². The van der Waals surface area contributed by atoms with Gasteiger partial charge in [-0.2, -0.15) is 5.10 Å². The molecular formula is C22H25FN6OS. The zero-order valence-electron chi connectivity index (χ0n) is 17.6. The molecule has 0 atom stereocenters. The number of anilines is 1. The van der Waals surface area contributed by atoms with Gasteiger partial charge in [0.25, 0.3) is 0 Å². The lowest BCUT2D eigenvalue weighted by atomic mass is 9.97. The van der Waals surface area contributed by atoms with Crippen molar-refractivity contribution >= 4 is 23.7 Å². The molecule has 1 aliphatic rings. The molecule has 0 fully saturated rings. The molecule has 162 valence electrons. The number of hydrogen-bond acceptors (Lipinski definition) is 5. The molecule has 0 spiro atoms. The number of rotatable bonds is 7. The van der Waals surface area contributed by atoms with Gasteiger partial charge in [0.15, 0.2) is 0 Å². The van der Waals surface area contributed by atoms with Crippen LogP contribution in [0.3, 0.4) is 0 Å². The Bertz CT molecular complexity index is 1070. The van der Waals surface area contributed by atoms with Crippen molar-refractivity contribution in [3.05, 3.63) is 59.8 Å². The van der Waals surface area contributed by atoms with E-state index in [1.54, 1.807) is 18.5 Å². The molecule has 31 heavy (non-hydrogen) atoms. The Labute approximate surface area is 185 Å². The van der Waals surface area contributed by atoms with Gasteiger partial charge in [0.1, 0.15) is 10.8 Å². The number of halogens is 1. The predicted molar refractivity (Wildman–Crippen MR) is 120 cm³/mol. The fourth-order valence-corrected chi connectivity index (χ4v) is 4.21. The second-order valence-corrected chi connectivity index (χ2v) is 8.54. The maximum Gasteiger partial charge on any atom is 0.329 e. The average molecular weight is 441 g/mol. The molecule has 0 radical (unpaired) electrons. The van der Waals surface area contributed by atoms with E-state index in [1.165, 1.54) is 6.07 Å². The highest BCUT2D eigenvalue weighted by molar-refractivity contribution is 7.97. The molecule has 7 nitrogen and oxygen atoms in total. The molecule has 0 aliphatic heterocycles. The van der Waals surface area contributed by atoms with Crippen molar-refractivity contribution in [1.29, 1.82) is 0 Å². The summed E-state index contributed by atoms with van der Waals surface area (Å²) in [5.74, 6) is -0.227. The third-order valence-electron chi connectivity index (χ3n) is 5.20. The normalized spacial score (nSPS) is 12.8. The van der Waals surface area contributed by atoms with Crippen molar-refractivity contribution in [2.45, 2.75) is 30.8 Å². The Morgan fingerprint density at radius 2 is 2.13 bits per heavy atom. The van der Waals surface area contributed by atoms with Gasteiger partial charge in [0.05, 0.1) is 12.2 Å². The highest BCUT2D eigenvalue weighted by atomic mass is 32.2. The van der Waals surface area contributed by atoms with E-state index < -0.39 is 0 Å². The first-order valence-electron chi connectivity index (χ1n) is 10.2. The van der Waals surface area contributed by atoms with Crippen molar-refractivity contribution in [3.8, 4) is 11.1 Å². The number of carbonyl (C=O) groups is 1. The van der Waals surface area contributed by atoms with Crippen LogP contribution in [0.4, 0.5) is 14.9 Å². The molecule has 0 unspecified atom stereocenters. The van der Waals surface area contributed by atoms with Gasteiger partial charge in [0.2, 0.25) is 0 Å². The van der Waals surface area contributed by atoms with E-state index in [2.05, 4.69) is 25.0 Å². The number of nitrogens with zero attached hydrogens (tertiary/aromatic N) is 4. The minimum atomic E-state index is -0.376. The molecule has 2 amide bonds. The number of benzene rings is 1. The number of urea groups is 1. The van der Waals surface area contributed by atoms with Gasteiger partial charge in [0, 0.05) is 48.2 Å². The molecule has 4 rings (SSSR count). The fraction of sp³-hybridized carbons (Fsp3) is 0.318. The van der Waals surface area contributed by atoms with Crippen molar-refractivity contribution < 1.29 is 9.18 Å². The molecule has 1 aromatic carbocycles. The Kier molecular flexibility index (Phi) is 6.53. The molecule has 2 N–H and O–H groups in total. The summed E-state index contributed by atoms with van der Waals surface area (Å²) < 4.78 is 19.3. The summed E-state index contributed by atoms with van der Waals surface area (Å²) in [7, 11) is 4.02. The van der Waals surface area contributed by atoms with Crippen LogP contribution in [0.25, 0.3) is 11.1 Å². The lowest BCUT2D eigenvalue weighted by Gasteiger charge is -2.17. The van der Waals surface area contributed by atoms with Crippen molar-refractivity contribution in [3.63, 3.8) is 0 Å². The number of carbonyl (C=O) groups excluding carboxylic acids is 1. The van der Waals surface area contributed by atoms with Gasteiger partial charge in [-0.1, -0.05) is 6.07 Å². The maximum atomic E-state index is 14.7. The van der Waals surface area contributed by atoms with E-state index in [-0.39, 0.29) is 11.8 Å². The SMILES string of the molecule is CN(C)CCn1ccc(SNC(=O)Nc2c(-c3cccnc3)cc(F)c3c2CCC3)n1. The van der Waals surface area contributed by atoms with Crippen LogP contribution in [0.1, 0.15) is 17.5 Å². The van der Waals surface area contributed by atoms with E-state index in [9.17, 15) is 9.18 Å². The van der Waals surface area contributed by atoms with Gasteiger partial charge in [-0.25, -0.2) is 9.18 Å². The van der Waals surface area contributed by atoms with E-state index in [0.717, 1.165) is 49.0 Å². The standard InChI is InChI=1S/C22H25FN6OS/c1-28(2)11-12-29-10-8-20(26-29)31-27-22(30)25-21-17-7-3-6-16(17)19(23)13-18(21)15-5-4-9-24-14-15/h4-5,8-10,13-14H,3,6-7,11-12H2,1-2H3,(H2,25,27,30). The first kappa shape index (κ1) is 21.3. The zero-order chi connectivity index (χ0) is 21.8. The van der Waals surface area contributed by atoms with Crippen LogP contribution in [-0.2, 0) is 19.4 Å². The summed E-state index contributed by atoms with van der Waals surface area (Å²) in [6.45, 7) is 1.66. The molecule has 2 heterocycles. The molecule has 9 heteroatoms. The molecule has 0 saturated heterocycles. The Morgan fingerprint density at radius 3 is 2.90 bits per heavy atom. The van der Waals surface area contributed by atoms with E-state index >= 15 is 0 Å². The number of amides is 2. The highest BCUT2D eigenvalue weighted by Crippen LogP contribution is 2.39. The second kappa shape index (κ2) is 9.49. The van der Waals surface area contributed by atoms with Crippen molar-refractivity contribution in [1.82, 2.24) is 24.4 Å². The summed E-state index contributed by atoms with van der Waals surface area (Å²) in [6.07, 6.45) is 7.52. The maximum absolute atomic E-state index is 14.7. The summed E-state index contributed by atoms with van der Waals surface area (Å²) in [6, 6.07) is 6.64. The number of hydrogen-bond donors (Lipinski definition) is 2. The smallest absolute Gasteiger partial charge is 0.308 e. The minimum absolute atomic E-state index is 0.227. The van der Waals surface area contributed by atoms with Crippen molar-refractivity contribution in [2.24, 2.45) is 0 Å². The Hall–Kier alpha value is -2.91. The third-order valence-corrected chi connectivity index (χ3v) is 5.91. The lowest BCUT2D eigenvalue weighted by molar-refractivity contribution is 0.257. The van der Waals surface area contributed by atoms with E-state index in [4.69, 9.17) is 0 Å². The number of fused-ring (bicyclic) bond motifs is 1. The van der Waals surface area contributed by atoms with Crippen LogP contribution in [0.2, 0.25) is 0 Å². The van der Waals surface area contributed by atoms with Gasteiger partial charge in [-0.05, 0) is 62.7 Å². The molecule has 2 aromatic heterocycles. The minimum Gasteiger partial charge on any atom is -0.308 e. The summed E-state index contributed by atoms with van der Waals surface area (Å²) in [4.78, 5) is 18.9. The van der Waals surface area contributed by atoms with Crippen LogP contribution in [0.15, 0.2) is 47.9 Å². The molecule has 3 aromatic rings. The second-order valence-electron chi connectivity index (χ2n) is 7.71. The van der Waals surface area contributed by atoms with Gasteiger partial charge in [-0.15, -0.1) is 0 Å². The monoisotopic (exact) mass is 440 g/mol. The molecular weight excluding hydrogens is 415 g/mol. The highest BCUT2D eigenvalue weighted by Gasteiger charge is 2.24.